The van der Waals surface area contributed by atoms with Crippen LogP contribution in [0.15, 0.2) is 17.1 Å². The van der Waals surface area contributed by atoms with E-state index in [1.165, 1.54) is 6.07 Å². The van der Waals surface area contributed by atoms with E-state index >= 15 is 0 Å². The molecule has 4 heterocycles. The number of rotatable bonds is 19. The molecule has 0 aromatic carbocycles. The van der Waals surface area contributed by atoms with Crippen LogP contribution < -0.4 is 22.1 Å². The van der Waals surface area contributed by atoms with Crippen molar-refractivity contribution >= 4 is 39.6 Å². The number of ether oxygens (including phenoxy) is 4. The third-order valence-electron chi connectivity index (χ3n) is 9.06. The van der Waals surface area contributed by atoms with E-state index in [1.807, 2.05) is 0 Å². The molecule has 342 valence electrons. The normalized spacial score (nSPS) is 35.5. The smallest absolute Gasteiger partial charge is 0.394 e. The Morgan fingerprint density at radius 3 is 2.23 bits per heavy atom. The van der Waals surface area contributed by atoms with Crippen LogP contribution in [0.1, 0.15) is 12.6 Å². The Morgan fingerprint density at radius 2 is 1.62 bits per heavy atom. The SMILES string of the molecule is Nc1ccn(C2OC(COP(=O)(O)OC3(C=O)CC(O)C(NC(=O)CNC(=O)COC4OC(COP(=O)(O)O)[C@@H](O)[C@H](O)[C@H]4O)C([C@H](O)[C@H](O)CO)O3)C(O)C2O)c(=O)n1. The molecule has 3 aliphatic heterocycles. The molecule has 2 amide bonds. The van der Waals surface area contributed by atoms with E-state index in [1.54, 1.807) is 0 Å². The third kappa shape index (κ3) is 12.6. The van der Waals surface area contributed by atoms with Crippen LogP contribution in [0.5, 0.6) is 0 Å². The van der Waals surface area contributed by atoms with Gasteiger partial charge in [0.2, 0.25) is 17.6 Å². The molecule has 16 atom stereocenters. The maximum Gasteiger partial charge on any atom is 0.475 e. The second-order valence-electron chi connectivity index (χ2n) is 13.5. The number of carbonyl (C=O) groups excluding carboxylic acids is 3. The highest BCUT2D eigenvalue weighted by Gasteiger charge is 2.55. The number of amides is 2. The van der Waals surface area contributed by atoms with Gasteiger partial charge in [0, 0.05) is 12.6 Å². The maximum absolute atomic E-state index is 13.1. The number of aldehydes is 1. The Hall–Kier alpha value is -3.01. The summed E-state index contributed by atoms with van der Waals surface area (Å²) in [7, 11) is -10.6. The summed E-state index contributed by atoms with van der Waals surface area (Å²) in [6, 6.07) is -0.646. The number of carbonyl (C=O) groups is 3. The number of nitrogens with two attached hydrogens (primary N) is 1. The van der Waals surface area contributed by atoms with Gasteiger partial charge in [0.25, 0.3) is 0 Å². The van der Waals surface area contributed by atoms with Crippen molar-refractivity contribution in [2.24, 2.45) is 0 Å². The van der Waals surface area contributed by atoms with E-state index in [0.29, 0.717) is 0 Å². The van der Waals surface area contributed by atoms with Crippen LogP contribution in [-0.2, 0) is 56.0 Å². The molecular formula is C28H45N5O25P2. The number of aliphatic hydroxyl groups excluding tert-OH is 9. The Balaban J connectivity index is 1.36. The molecule has 1 aromatic heterocycles. The number of nitrogens with one attached hydrogen (secondary N) is 2. The number of nitrogen functional groups attached to an aromatic ring is 1. The van der Waals surface area contributed by atoms with Gasteiger partial charge in [-0.25, -0.2) is 18.4 Å². The fraction of sp³-hybridized carbons (Fsp3) is 0.750. The minimum Gasteiger partial charge on any atom is -0.394 e. The van der Waals surface area contributed by atoms with Gasteiger partial charge in [-0.15, -0.1) is 0 Å². The van der Waals surface area contributed by atoms with Gasteiger partial charge in [0.05, 0.1) is 38.5 Å². The van der Waals surface area contributed by atoms with E-state index < -0.39 is 164 Å². The molecule has 30 nitrogen and oxygen atoms in total. The molecule has 0 spiro atoms. The van der Waals surface area contributed by atoms with Gasteiger partial charge in [-0.05, 0) is 6.07 Å². The average molecular weight is 914 g/mol. The highest BCUT2D eigenvalue weighted by Crippen LogP contribution is 2.51. The number of hydrogen-bond acceptors (Lipinski definition) is 24. The molecule has 3 saturated heterocycles. The zero-order valence-corrected chi connectivity index (χ0v) is 32.4. The highest BCUT2D eigenvalue weighted by molar-refractivity contribution is 7.47. The summed E-state index contributed by atoms with van der Waals surface area (Å²) in [6.45, 7) is -5.12. The Kier molecular flexibility index (Phi) is 16.9. The molecule has 4 rings (SSSR count). The number of phosphoric ester groups is 2. The molecule has 11 unspecified atom stereocenters. The third-order valence-corrected chi connectivity index (χ3v) is 10.6. The lowest BCUT2D eigenvalue weighted by Gasteiger charge is -2.46. The number of aliphatic hydroxyl groups is 9. The van der Waals surface area contributed by atoms with Crippen LogP contribution in [0.4, 0.5) is 5.82 Å². The van der Waals surface area contributed by atoms with Crippen molar-refractivity contribution in [3.63, 3.8) is 0 Å². The standard InChI is InChI=1S/C28H45N5O25P2/c29-14-1-2-33(27(46)31-14)25-22(44)20(42)12(55-25)7-54-60(50,51)58-28(9-35)3-10(36)17(24(57-28)18(40)11(37)5-34)32-15(38)4-30-16(39)8-52-26-23(45)21(43)19(41)13(56-26)6-53-59(47,48)49/h1-2,9-13,17-26,34,36-37,40-45H,3-8H2,(H,30,39)(H,32,38)(H,50,51)(H2,29,31,46)(H2,47,48,49)/t10?,11-,12?,13?,17?,18-,19-,20?,21+,22?,23-,24?,25?,26?,28?/m1/s1. The summed E-state index contributed by atoms with van der Waals surface area (Å²) in [5.74, 6) is -5.41. The minimum absolute atomic E-state index is 0.169. The first-order valence-corrected chi connectivity index (χ1v) is 20.3. The maximum atomic E-state index is 13.1. The summed E-state index contributed by atoms with van der Waals surface area (Å²) in [6.07, 6.45) is -25.0. The van der Waals surface area contributed by atoms with Crippen LogP contribution in [-0.4, -0.2) is 207 Å². The number of nitrogens with zero attached hydrogens (tertiary/aromatic N) is 2. The quantitative estimate of drug-likeness (QED) is 0.0453. The topological polar surface area (TPSA) is 478 Å². The van der Waals surface area contributed by atoms with Crippen molar-refractivity contribution in [2.45, 2.75) is 97.9 Å². The molecule has 0 bridgehead atoms. The second-order valence-corrected chi connectivity index (χ2v) is 16.1. The van der Waals surface area contributed by atoms with Crippen LogP contribution in [0.2, 0.25) is 0 Å². The number of phosphoric acid groups is 2. The van der Waals surface area contributed by atoms with Gasteiger partial charge in [-0.1, -0.05) is 0 Å². The first kappa shape index (κ1) is 49.6. The molecule has 60 heavy (non-hydrogen) atoms. The molecular weight excluding hydrogens is 868 g/mol. The minimum atomic E-state index is -5.54. The Morgan fingerprint density at radius 1 is 0.983 bits per heavy atom. The van der Waals surface area contributed by atoms with Crippen LogP contribution in [0, 0.1) is 0 Å². The lowest BCUT2D eigenvalue weighted by atomic mass is 9.89. The average Bonchev–Trinajstić information content (AvgIpc) is 3.46. The molecule has 0 saturated carbocycles. The molecule has 16 N–H and O–H groups in total. The second kappa shape index (κ2) is 20.4. The van der Waals surface area contributed by atoms with E-state index in [-0.39, 0.29) is 12.1 Å². The van der Waals surface area contributed by atoms with E-state index in [0.717, 1.165) is 10.8 Å². The van der Waals surface area contributed by atoms with E-state index in [9.17, 15) is 79.2 Å². The zero-order chi connectivity index (χ0) is 44.9. The number of aromatic nitrogens is 2. The first-order chi connectivity index (χ1) is 27.9. The molecule has 32 heteroatoms. The fourth-order valence-electron chi connectivity index (χ4n) is 6.03. The predicted octanol–water partition coefficient (Wildman–Crippen LogP) is -9.13. The molecule has 1 aromatic rings. The van der Waals surface area contributed by atoms with Gasteiger partial charge in [-0.3, -0.25) is 28.0 Å². The number of anilines is 1. The molecule has 3 fully saturated rings. The summed E-state index contributed by atoms with van der Waals surface area (Å²) in [4.78, 5) is 81.6. The van der Waals surface area contributed by atoms with Crippen molar-refractivity contribution in [1.82, 2.24) is 20.2 Å². The highest BCUT2D eigenvalue weighted by atomic mass is 31.2. The van der Waals surface area contributed by atoms with Gasteiger partial charge >= 0.3 is 21.3 Å². The van der Waals surface area contributed by atoms with Crippen LogP contribution in [0.3, 0.4) is 0 Å². The van der Waals surface area contributed by atoms with Crippen molar-refractivity contribution < 1.29 is 117 Å². The van der Waals surface area contributed by atoms with Crippen molar-refractivity contribution in [3.8, 4) is 0 Å². The van der Waals surface area contributed by atoms with Gasteiger partial charge in [0.15, 0.2) is 18.8 Å². The monoisotopic (exact) mass is 913 g/mol. The predicted molar refractivity (Wildman–Crippen MR) is 185 cm³/mol. The Bertz CT molecular complexity index is 1810. The Labute approximate surface area is 335 Å². The summed E-state index contributed by atoms with van der Waals surface area (Å²) >= 11 is 0. The largest absolute Gasteiger partial charge is 0.475 e. The van der Waals surface area contributed by atoms with Crippen molar-refractivity contribution in [1.29, 1.82) is 0 Å². The lowest BCUT2D eigenvalue weighted by Crippen LogP contribution is -2.67. The zero-order valence-electron chi connectivity index (χ0n) is 30.6. The summed E-state index contributed by atoms with van der Waals surface area (Å²) in [5, 5.41) is 96.6. The van der Waals surface area contributed by atoms with Crippen molar-refractivity contribution in [2.75, 3.05) is 38.7 Å². The van der Waals surface area contributed by atoms with Crippen LogP contribution >= 0.6 is 15.6 Å². The van der Waals surface area contributed by atoms with Gasteiger partial charge < -0.3 is 96.0 Å². The molecule has 3 aliphatic rings. The number of hydrogen-bond donors (Lipinski definition) is 15. The van der Waals surface area contributed by atoms with Gasteiger partial charge in [0.1, 0.15) is 73.5 Å². The van der Waals surface area contributed by atoms with Gasteiger partial charge in [-0.2, -0.15) is 4.98 Å². The van der Waals surface area contributed by atoms with E-state index in [4.69, 9.17) is 43.5 Å². The lowest BCUT2D eigenvalue weighted by molar-refractivity contribution is -0.298. The van der Waals surface area contributed by atoms with E-state index in [2.05, 4.69) is 20.1 Å². The van der Waals surface area contributed by atoms with Crippen LogP contribution in [0.25, 0.3) is 0 Å². The first-order valence-electron chi connectivity index (χ1n) is 17.3. The fourth-order valence-corrected chi connectivity index (χ4v) is 7.31. The molecule has 0 radical (unpaired) electrons. The summed E-state index contributed by atoms with van der Waals surface area (Å²) in [5.41, 5.74) is 4.46. The summed E-state index contributed by atoms with van der Waals surface area (Å²) < 4.78 is 59.8. The van der Waals surface area contributed by atoms with Crippen molar-refractivity contribution in [3.05, 3.63) is 22.7 Å². The molecule has 0 aliphatic carbocycles.